The number of nitrogens with one attached hydrogen (secondary N) is 1. The molecule has 0 saturated carbocycles. The topological polar surface area (TPSA) is 12.0 Å². The van der Waals surface area contributed by atoms with Crippen molar-refractivity contribution in [3.63, 3.8) is 0 Å². The standard InChI is InChI=1S/C17H15NS2/c1-19-17-16(18-14-10-6-3-7-11-14)15(12-20-17)13-8-4-2-5-9-13/h2-12,18H,1H3. The molecular weight excluding hydrogens is 282 g/mol. The van der Waals surface area contributed by atoms with E-state index in [9.17, 15) is 0 Å². The van der Waals surface area contributed by atoms with Crippen molar-refractivity contribution in [2.45, 2.75) is 4.21 Å². The van der Waals surface area contributed by atoms with Gasteiger partial charge < -0.3 is 5.32 Å². The number of benzene rings is 2. The van der Waals surface area contributed by atoms with Crippen molar-refractivity contribution in [2.24, 2.45) is 0 Å². The molecule has 100 valence electrons. The van der Waals surface area contributed by atoms with Crippen molar-refractivity contribution in [1.82, 2.24) is 0 Å². The van der Waals surface area contributed by atoms with Crippen LogP contribution in [0.1, 0.15) is 0 Å². The van der Waals surface area contributed by atoms with E-state index >= 15 is 0 Å². The summed E-state index contributed by atoms with van der Waals surface area (Å²) < 4.78 is 1.31. The molecule has 0 bridgehead atoms. The molecule has 1 aromatic heterocycles. The van der Waals surface area contributed by atoms with Gasteiger partial charge in [-0.15, -0.1) is 23.1 Å². The van der Waals surface area contributed by atoms with Gasteiger partial charge in [0.25, 0.3) is 0 Å². The van der Waals surface area contributed by atoms with Crippen LogP contribution in [0.2, 0.25) is 0 Å². The monoisotopic (exact) mass is 297 g/mol. The Balaban J connectivity index is 2.02. The molecule has 0 radical (unpaired) electrons. The third kappa shape index (κ3) is 2.74. The third-order valence-corrected chi connectivity index (χ3v) is 5.21. The minimum Gasteiger partial charge on any atom is -0.353 e. The van der Waals surface area contributed by atoms with Gasteiger partial charge in [-0.1, -0.05) is 48.5 Å². The quantitative estimate of drug-likeness (QED) is 0.603. The van der Waals surface area contributed by atoms with Crippen LogP contribution in [0.5, 0.6) is 0 Å². The number of rotatable bonds is 4. The minimum absolute atomic E-state index is 1.12. The van der Waals surface area contributed by atoms with E-state index in [0.29, 0.717) is 0 Å². The molecule has 0 fully saturated rings. The van der Waals surface area contributed by atoms with Gasteiger partial charge >= 0.3 is 0 Å². The van der Waals surface area contributed by atoms with Crippen LogP contribution in [0.3, 0.4) is 0 Å². The van der Waals surface area contributed by atoms with E-state index in [1.165, 1.54) is 21.0 Å². The van der Waals surface area contributed by atoms with E-state index in [1.54, 1.807) is 23.1 Å². The maximum absolute atomic E-state index is 3.56. The average Bonchev–Trinajstić information content (AvgIpc) is 2.92. The normalized spacial score (nSPS) is 10.4. The minimum atomic E-state index is 1.12. The van der Waals surface area contributed by atoms with Gasteiger partial charge in [0.2, 0.25) is 0 Å². The number of thioether (sulfide) groups is 1. The second-order valence-corrected chi connectivity index (χ2v) is 6.33. The zero-order valence-electron chi connectivity index (χ0n) is 11.2. The SMILES string of the molecule is CSc1scc(-c2ccccc2)c1Nc1ccccc1. The summed E-state index contributed by atoms with van der Waals surface area (Å²) >= 11 is 3.58. The Morgan fingerprint density at radius 2 is 1.55 bits per heavy atom. The molecule has 1 heterocycles. The number of para-hydroxylation sites is 1. The van der Waals surface area contributed by atoms with Crippen molar-refractivity contribution >= 4 is 34.5 Å². The lowest BCUT2D eigenvalue weighted by Gasteiger charge is -2.10. The summed E-state index contributed by atoms with van der Waals surface area (Å²) in [5, 5.41) is 5.79. The number of thiophene rings is 1. The second kappa shape index (κ2) is 6.16. The van der Waals surface area contributed by atoms with Crippen LogP contribution in [0.15, 0.2) is 70.3 Å². The summed E-state index contributed by atoms with van der Waals surface area (Å²) in [7, 11) is 0. The van der Waals surface area contributed by atoms with Gasteiger partial charge in [0, 0.05) is 16.6 Å². The number of hydrogen-bond donors (Lipinski definition) is 1. The van der Waals surface area contributed by atoms with E-state index in [4.69, 9.17) is 0 Å². The fourth-order valence-electron chi connectivity index (χ4n) is 2.10. The predicted molar refractivity (Wildman–Crippen MR) is 91.3 cm³/mol. The molecule has 0 aliphatic rings. The number of hydrogen-bond acceptors (Lipinski definition) is 3. The van der Waals surface area contributed by atoms with Crippen LogP contribution >= 0.6 is 23.1 Å². The van der Waals surface area contributed by atoms with Crippen molar-refractivity contribution in [2.75, 3.05) is 11.6 Å². The van der Waals surface area contributed by atoms with Gasteiger partial charge in [0.15, 0.2) is 0 Å². The highest BCUT2D eigenvalue weighted by Crippen LogP contribution is 2.42. The molecule has 2 aromatic carbocycles. The first kappa shape index (κ1) is 13.3. The van der Waals surface area contributed by atoms with Crippen LogP contribution in [0.25, 0.3) is 11.1 Å². The Bertz CT molecular complexity index is 675. The fourth-order valence-corrected chi connectivity index (χ4v) is 3.76. The van der Waals surface area contributed by atoms with Crippen molar-refractivity contribution in [3.8, 4) is 11.1 Å². The van der Waals surface area contributed by atoms with Crippen molar-refractivity contribution in [1.29, 1.82) is 0 Å². The molecule has 20 heavy (non-hydrogen) atoms. The molecule has 0 aliphatic carbocycles. The number of anilines is 2. The highest BCUT2D eigenvalue weighted by atomic mass is 32.2. The van der Waals surface area contributed by atoms with Crippen molar-refractivity contribution < 1.29 is 0 Å². The lowest BCUT2D eigenvalue weighted by Crippen LogP contribution is -1.91. The summed E-state index contributed by atoms with van der Waals surface area (Å²) in [6.45, 7) is 0. The van der Waals surface area contributed by atoms with E-state index in [1.807, 2.05) is 6.07 Å². The van der Waals surface area contributed by atoms with E-state index in [2.05, 4.69) is 71.5 Å². The maximum atomic E-state index is 3.56. The predicted octanol–water partition coefficient (Wildman–Crippen LogP) is 5.88. The lowest BCUT2D eigenvalue weighted by atomic mass is 10.1. The molecule has 1 nitrogen and oxygen atoms in total. The fraction of sp³-hybridized carbons (Fsp3) is 0.0588. The Hall–Kier alpha value is -1.71. The molecule has 0 spiro atoms. The molecule has 0 aliphatic heterocycles. The van der Waals surface area contributed by atoms with Gasteiger partial charge in [0.05, 0.1) is 9.90 Å². The largest absolute Gasteiger partial charge is 0.353 e. The van der Waals surface area contributed by atoms with Gasteiger partial charge in [-0.25, -0.2) is 0 Å². The smallest absolute Gasteiger partial charge is 0.0838 e. The first-order valence-corrected chi connectivity index (χ1v) is 8.52. The van der Waals surface area contributed by atoms with E-state index in [0.717, 1.165) is 5.69 Å². The van der Waals surface area contributed by atoms with Crippen LogP contribution in [0.4, 0.5) is 11.4 Å². The molecule has 0 atom stereocenters. The molecular formula is C17H15NS2. The summed E-state index contributed by atoms with van der Waals surface area (Å²) in [5.41, 5.74) is 4.85. The van der Waals surface area contributed by atoms with Gasteiger partial charge in [-0.05, 0) is 24.0 Å². The molecule has 0 amide bonds. The molecule has 0 saturated heterocycles. The zero-order valence-corrected chi connectivity index (χ0v) is 12.8. The second-order valence-electron chi connectivity index (χ2n) is 4.37. The summed E-state index contributed by atoms with van der Waals surface area (Å²) in [6.07, 6.45) is 2.12. The van der Waals surface area contributed by atoms with Gasteiger partial charge in [-0.3, -0.25) is 0 Å². The Labute approximate surface area is 127 Å². The highest BCUT2D eigenvalue weighted by Gasteiger charge is 2.12. The summed E-state index contributed by atoms with van der Waals surface area (Å²) in [6, 6.07) is 20.8. The molecule has 1 N–H and O–H groups in total. The molecule has 3 rings (SSSR count). The molecule has 3 heteroatoms. The third-order valence-electron chi connectivity index (χ3n) is 3.07. The van der Waals surface area contributed by atoms with Crippen LogP contribution in [-0.2, 0) is 0 Å². The van der Waals surface area contributed by atoms with Crippen molar-refractivity contribution in [3.05, 3.63) is 66.0 Å². The lowest BCUT2D eigenvalue weighted by molar-refractivity contribution is 1.52. The maximum Gasteiger partial charge on any atom is 0.0838 e. The first-order valence-electron chi connectivity index (χ1n) is 6.41. The van der Waals surface area contributed by atoms with Crippen LogP contribution < -0.4 is 5.32 Å². The van der Waals surface area contributed by atoms with Crippen LogP contribution in [-0.4, -0.2) is 6.26 Å². The van der Waals surface area contributed by atoms with Gasteiger partial charge in [-0.2, -0.15) is 0 Å². The van der Waals surface area contributed by atoms with E-state index in [-0.39, 0.29) is 0 Å². The summed E-state index contributed by atoms with van der Waals surface area (Å²) in [4.78, 5) is 0. The zero-order chi connectivity index (χ0) is 13.8. The van der Waals surface area contributed by atoms with Crippen LogP contribution in [0, 0.1) is 0 Å². The molecule has 0 unspecified atom stereocenters. The first-order chi connectivity index (χ1) is 9.88. The Kier molecular flexibility index (Phi) is 4.09. The highest BCUT2D eigenvalue weighted by molar-refractivity contribution is 8.00. The van der Waals surface area contributed by atoms with Gasteiger partial charge in [0.1, 0.15) is 0 Å². The average molecular weight is 297 g/mol. The Morgan fingerprint density at radius 1 is 0.900 bits per heavy atom. The summed E-state index contributed by atoms with van der Waals surface area (Å²) in [5.74, 6) is 0. The van der Waals surface area contributed by atoms with E-state index < -0.39 is 0 Å². The Morgan fingerprint density at radius 3 is 2.20 bits per heavy atom. The molecule has 3 aromatic rings.